The molecular weight excluding hydrogens is 420 g/mol. The van der Waals surface area contributed by atoms with E-state index < -0.39 is 0 Å². The van der Waals surface area contributed by atoms with Gasteiger partial charge in [-0.2, -0.15) is 5.10 Å². The Morgan fingerprint density at radius 1 is 0.938 bits per heavy atom. The molecule has 0 spiro atoms. The quantitative estimate of drug-likeness (QED) is 0.380. The van der Waals surface area contributed by atoms with Crippen LogP contribution in [0.4, 0.5) is 11.4 Å². The van der Waals surface area contributed by atoms with E-state index in [4.69, 9.17) is 26.8 Å². The van der Waals surface area contributed by atoms with E-state index in [1.807, 2.05) is 36.7 Å². The SMILES string of the molecule is COc1ccc(NC(=S)Nc2c(C)nn(Cc3cccc4ccccc34)c2C)cc1OC. The van der Waals surface area contributed by atoms with Gasteiger partial charge in [-0.15, -0.1) is 0 Å². The molecule has 0 saturated carbocycles. The van der Waals surface area contributed by atoms with Gasteiger partial charge in [0, 0.05) is 11.8 Å². The predicted molar refractivity (Wildman–Crippen MR) is 134 cm³/mol. The molecule has 4 rings (SSSR count). The van der Waals surface area contributed by atoms with Gasteiger partial charge < -0.3 is 20.1 Å². The van der Waals surface area contributed by atoms with Crippen LogP contribution in [0, 0.1) is 13.8 Å². The molecule has 0 fully saturated rings. The fourth-order valence-electron chi connectivity index (χ4n) is 3.81. The second-order valence-corrected chi connectivity index (χ2v) is 7.90. The number of benzene rings is 3. The van der Waals surface area contributed by atoms with E-state index in [1.54, 1.807) is 14.2 Å². The molecule has 0 amide bonds. The molecule has 0 unspecified atom stereocenters. The third-order valence-electron chi connectivity index (χ3n) is 5.46. The van der Waals surface area contributed by atoms with Crippen LogP contribution >= 0.6 is 12.2 Å². The van der Waals surface area contributed by atoms with Crippen molar-refractivity contribution in [3.05, 3.63) is 77.6 Å². The van der Waals surface area contributed by atoms with Crippen LogP contribution in [0.25, 0.3) is 10.8 Å². The van der Waals surface area contributed by atoms with E-state index in [1.165, 1.54) is 16.3 Å². The monoisotopic (exact) mass is 446 g/mol. The minimum absolute atomic E-state index is 0.480. The fraction of sp³-hybridized carbons (Fsp3) is 0.200. The van der Waals surface area contributed by atoms with Crippen LogP contribution in [0.15, 0.2) is 60.7 Å². The van der Waals surface area contributed by atoms with Crippen LogP contribution in [-0.2, 0) is 6.54 Å². The summed E-state index contributed by atoms with van der Waals surface area (Å²) in [7, 11) is 3.22. The number of hydrogen-bond donors (Lipinski definition) is 2. The lowest BCUT2D eigenvalue weighted by molar-refractivity contribution is 0.355. The summed E-state index contributed by atoms with van der Waals surface area (Å²) in [4.78, 5) is 0. The zero-order valence-corrected chi connectivity index (χ0v) is 19.4. The van der Waals surface area contributed by atoms with E-state index in [0.717, 1.165) is 22.8 Å². The number of fused-ring (bicyclic) bond motifs is 1. The molecule has 0 aliphatic carbocycles. The number of methoxy groups -OCH3 is 2. The summed E-state index contributed by atoms with van der Waals surface area (Å²) in [5.74, 6) is 1.30. The van der Waals surface area contributed by atoms with E-state index >= 15 is 0 Å². The molecule has 0 aliphatic rings. The normalized spacial score (nSPS) is 10.8. The van der Waals surface area contributed by atoms with E-state index in [9.17, 15) is 0 Å². The van der Waals surface area contributed by atoms with Crippen molar-refractivity contribution in [3.63, 3.8) is 0 Å². The van der Waals surface area contributed by atoms with Crippen LogP contribution in [-0.4, -0.2) is 29.1 Å². The second kappa shape index (κ2) is 9.28. The topological polar surface area (TPSA) is 60.3 Å². The highest BCUT2D eigenvalue weighted by Crippen LogP contribution is 2.30. The van der Waals surface area contributed by atoms with Gasteiger partial charge in [0.2, 0.25) is 0 Å². The van der Waals surface area contributed by atoms with Gasteiger partial charge >= 0.3 is 0 Å². The summed E-state index contributed by atoms with van der Waals surface area (Å²) in [5.41, 5.74) is 4.85. The van der Waals surface area contributed by atoms with Crippen molar-refractivity contribution in [3.8, 4) is 11.5 Å². The Morgan fingerprint density at radius 3 is 2.47 bits per heavy atom. The lowest BCUT2D eigenvalue weighted by Gasteiger charge is -2.13. The van der Waals surface area contributed by atoms with Crippen molar-refractivity contribution >= 4 is 39.5 Å². The summed E-state index contributed by atoms with van der Waals surface area (Å²) >= 11 is 5.55. The average molecular weight is 447 g/mol. The third kappa shape index (κ3) is 4.38. The lowest BCUT2D eigenvalue weighted by Crippen LogP contribution is -2.20. The molecule has 32 heavy (non-hydrogen) atoms. The Labute approximate surface area is 193 Å². The number of anilines is 2. The van der Waals surface area contributed by atoms with E-state index in [-0.39, 0.29) is 0 Å². The summed E-state index contributed by atoms with van der Waals surface area (Å²) in [6.45, 7) is 4.71. The predicted octanol–water partition coefficient (Wildman–Crippen LogP) is 5.53. The van der Waals surface area contributed by atoms with Gasteiger partial charge in [-0.3, -0.25) is 4.68 Å². The van der Waals surface area contributed by atoms with Crippen LogP contribution in [0.5, 0.6) is 11.5 Å². The average Bonchev–Trinajstić information content (AvgIpc) is 3.06. The van der Waals surface area contributed by atoms with Gasteiger partial charge in [-0.1, -0.05) is 42.5 Å². The van der Waals surface area contributed by atoms with Crippen LogP contribution < -0.4 is 20.1 Å². The summed E-state index contributed by atoms with van der Waals surface area (Å²) in [6, 6.07) is 20.3. The van der Waals surface area contributed by atoms with Gasteiger partial charge in [-0.25, -0.2) is 0 Å². The van der Waals surface area contributed by atoms with Crippen LogP contribution in [0.2, 0.25) is 0 Å². The first kappa shape index (κ1) is 21.6. The molecule has 7 heteroatoms. The van der Waals surface area contributed by atoms with Gasteiger partial charge in [-0.05, 0) is 54.5 Å². The van der Waals surface area contributed by atoms with Gasteiger partial charge in [0.15, 0.2) is 16.6 Å². The zero-order valence-electron chi connectivity index (χ0n) is 18.6. The fourth-order valence-corrected chi connectivity index (χ4v) is 4.03. The highest BCUT2D eigenvalue weighted by molar-refractivity contribution is 7.80. The van der Waals surface area contributed by atoms with Crippen molar-refractivity contribution < 1.29 is 9.47 Å². The maximum absolute atomic E-state index is 5.55. The van der Waals surface area contributed by atoms with Crippen LogP contribution in [0.1, 0.15) is 17.0 Å². The number of aromatic nitrogens is 2. The molecule has 3 aromatic carbocycles. The highest BCUT2D eigenvalue weighted by atomic mass is 32.1. The van der Waals surface area contributed by atoms with Gasteiger partial charge in [0.1, 0.15) is 0 Å². The van der Waals surface area contributed by atoms with Crippen molar-refractivity contribution in [2.45, 2.75) is 20.4 Å². The van der Waals surface area contributed by atoms with Gasteiger partial charge in [0.25, 0.3) is 0 Å². The minimum atomic E-state index is 0.480. The number of aryl methyl sites for hydroxylation is 1. The molecule has 0 radical (unpaired) electrons. The smallest absolute Gasteiger partial charge is 0.175 e. The molecule has 1 heterocycles. The molecule has 2 N–H and O–H groups in total. The molecule has 0 saturated heterocycles. The number of rotatable bonds is 6. The lowest BCUT2D eigenvalue weighted by atomic mass is 10.0. The Bertz CT molecular complexity index is 1280. The molecule has 0 atom stereocenters. The number of nitrogens with one attached hydrogen (secondary N) is 2. The molecule has 4 aromatic rings. The summed E-state index contributed by atoms with van der Waals surface area (Å²) in [5, 5.41) is 14.2. The number of hydrogen-bond acceptors (Lipinski definition) is 4. The molecular formula is C25H26N4O2S. The Morgan fingerprint density at radius 2 is 1.69 bits per heavy atom. The first-order chi connectivity index (χ1) is 15.5. The summed E-state index contributed by atoms with van der Waals surface area (Å²) < 4.78 is 12.7. The van der Waals surface area contributed by atoms with Gasteiger partial charge in [0.05, 0.1) is 37.8 Å². The maximum Gasteiger partial charge on any atom is 0.175 e. The Kier molecular flexibility index (Phi) is 6.28. The number of ether oxygens (including phenoxy) is 2. The second-order valence-electron chi connectivity index (χ2n) is 7.49. The largest absolute Gasteiger partial charge is 0.493 e. The zero-order chi connectivity index (χ0) is 22.7. The molecule has 164 valence electrons. The van der Waals surface area contributed by atoms with Crippen molar-refractivity contribution in [2.24, 2.45) is 0 Å². The third-order valence-corrected chi connectivity index (χ3v) is 5.67. The van der Waals surface area contributed by atoms with E-state index in [2.05, 4.69) is 53.1 Å². The molecule has 0 aliphatic heterocycles. The first-order valence-electron chi connectivity index (χ1n) is 10.3. The highest BCUT2D eigenvalue weighted by Gasteiger charge is 2.14. The maximum atomic E-state index is 5.55. The Balaban J connectivity index is 1.52. The van der Waals surface area contributed by atoms with Crippen molar-refractivity contribution in [2.75, 3.05) is 24.9 Å². The first-order valence-corrected chi connectivity index (χ1v) is 10.7. The standard InChI is InChI=1S/C25H26N4O2S/c1-16-24(27-25(32)26-20-12-13-22(30-3)23(14-20)31-4)17(2)29(28-16)15-19-10-7-9-18-8-5-6-11-21(18)19/h5-14H,15H2,1-4H3,(H2,26,27,32). The molecule has 1 aromatic heterocycles. The Hall–Kier alpha value is -3.58. The summed E-state index contributed by atoms with van der Waals surface area (Å²) in [6.07, 6.45) is 0. The molecule has 0 bridgehead atoms. The van der Waals surface area contributed by atoms with Crippen molar-refractivity contribution in [1.29, 1.82) is 0 Å². The molecule has 6 nitrogen and oxygen atoms in total. The van der Waals surface area contributed by atoms with Crippen LogP contribution in [0.3, 0.4) is 0 Å². The number of thiocarbonyl (C=S) groups is 1. The minimum Gasteiger partial charge on any atom is -0.493 e. The number of nitrogens with zero attached hydrogens (tertiary/aromatic N) is 2. The van der Waals surface area contributed by atoms with E-state index in [0.29, 0.717) is 23.2 Å². The van der Waals surface area contributed by atoms with Crippen molar-refractivity contribution in [1.82, 2.24) is 9.78 Å².